The maximum Gasteiger partial charge on any atom is 0.237 e. The summed E-state index contributed by atoms with van der Waals surface area (Å²) in [6, 6.07) is 0.0964. The van der Waals surface area contributed by atoms with Crippen molar-refractivity contribution in [2.45, 2.75) is 58.5 Å². The number of nitrogens with one attached hydrogen (secondary N) is 2. The number of aliphatic hydroxyl groups excluding tert-OH is 1. The molecular formula is C13H26N2O2. The van der Waals surface area contributed by atoms with Crippen LogP contribution < -0.4 is 10.6 Å². The molecule has 0 bridgehead atoms. The molecule has 1 atom stereocenters. The second-order valence-corrected chi connectivity index (χ2v) is 5.28. The minimum Gasteiger partial charge on any atom is -0.396 e. The quantitative estimate of drug-likeness (QED) is 0.596. The van der Waals surface area contributed by atoms with Gasteiger partial charge >= 0.3 is 0 Å². The smallest absolute Gasteiger partial charge is 0.237 e. The van der Waals surface area contributed by atoms with Crippen LogP contribution in [0.25, 0.3) is 0 Å². The van der Waals surface area contributed by atoms with Crippen LogP contribution in [0.3, 0.4) is 0 Å². The van der Waals surface area contributed by atoms with Crippen molar-refractivity contribution in [1.82, 2.24) is 10.6 Å². The molecule has 0 aromatic heterocycles. The molecule has 0 aliphatic heterocycles. The highest BCUT2D eigenvalue weighted by Gasteiger charge is 2.42. The maximum absolute atomic E-state index is 11.9. The van der Waals surface area contributed by atoms with Gasteiger partial charge in [0.25, 0.3) is 0 Å². The van der Waals surface area contributed by atoms with Crippen LogP contribution in [0.1, 0.15) is 46.5 Å². The second kappa shape index (κ2) is 6.36. The summed E-state index contributed by atoms with van der Waals surface area (Å²) >= 11 is 0. The lowest BCUT2D eigenvalue weighted by atomic mass is 10.1. The van der Waals surface area contributed by atoms with E-state index in [2.05, 4.69) is 24.5 Å². The van der Waals surface area contributed by atoms with Gasteiger partial charge in [0.15, 0.2) is 0 Å². The number of hydrogen-bond acceptors (Lipinski definition) is 3. The van der Waals surface area contributed by atoms with Crippen molar-refractivity contribution in [3.05, 3.63) is 0 Å². The Kier molecular flexibility index (Phi) is 5.40. The summed E-state index contributed by atoms with van der Waals surface area (Å²) in [6.45, 7) is 7.00. The minimum atomic E-state index is -0.181. The maximum atomic E-state index is 11.9. The molecule has 1 aliphatic rings. The zero-order valence-corrected chi connectivity index (χ0v) is 11.3. The monoisotopic (exact) mass is 242 g/mol. The van der Waals surface area contributed by atoms with E-state index in [-0.39, 0.29) is 30.0 Å². The Morgan fingerprint density at radius 1 is 1.35 bits per heavy atom. The molecule has 4 heteroatoms. The third-order valence-corrected chi connectivity index (χ3v) is 3.80. The van der Waals surface area contributed by atoms with E-state index in [1.54, 1.807) is 0 Å². The lowest BCUT2D eigenvalue weighted by Gasteiger charge is -2.21. The first-order valence-corrected chi connectivity index (χ1v) is 6.71. The van der Waals surface area contributed by atoms with E-state index in [1.807, 2.05) is 6.92 Å². The van der Waals surface area contributed by atoms with Gasteiger partial charge in [-0.2, -0.15) is 0 Å². The average molecular weight is 242 g/mol. The number of carbonyl (C=O) groups excluding carboxylic acids is 1. The Morgan fingerprint density at radius 3 is 2.35 bits per heavy atom. The van der Waals surface area contributed by atoms with Gasteiger partial charge in [-0.15, -0.1) is 0 Å². The number of amides is 1. The first kappa shape index (κ1) is 14.5. The fourth-order valence-corrected chi connectivity index (χ4v) is 1.85. The van der Waals surface area contributed by atoms with Crippen LogP contribution in [0.15, 0.2) is 0 Å². The number of rotatable bonds is 8. The fraction of sp³-hybridized carbons (Fsp3) is 0.923. The molecule has 4 nitrogen and oxygen atoms in total. The van der Waals surface area contributed by atoms with Gasteiger partial charge in [-0.25, -0.2) is 0 Å². The highest BCUT2D eigenvalue weighted by molar-refractivity contribution is 5.81. The Labute approximate surface area is 104 Å². The Bertz CT molecular complexity index is 248. The largest absolute Gasteiger partial charge is 0.396 e. The van der Waals surface area contributed by atoms with Crippen molar-refractivity contribution in [2.24, 2.45) is 5.41 Å². The Morgan fingerprint density at radius 2 is 1.94 bits per heavy atom. The molecule has 1 rings (SSSR count). The molecule has 0 spiro atoms. The van der Waals surface area contributed by atoms with Gasteiger partial charge in [0.05, 0.1) is 6.04 Å². The Balaban J connectivity index is 2.26. The molecule has 1 fully saturated rings. The number of hydrogen-bond donors (Lipinski definition) is 3. The van der Waals surface area contributed by atoms with E-state index in [4.69, 9.17) is 0 Å². The first-order chi connectivity index (χ1) is 8.06. The zero-order chi connectivity index (χ0) is 12.9. The standard InChI is InChI=1S/C13H26N2O2/c1-4-11(5-2)15-12(17)10(3)14-8-13(9-16)6-7-13/h10-11,14,16H,4-9H2,1-3H3,(H,15,17). The van der Waals surface area contributed by atoms with Gasteiger partial charge in [0.1, 0.15) is 0 Å². The van der Waals surface area contributed by atoms with Gasteiger partial charge in [0, 0.05) is 24.6 Å². The fourth-order valence-electron chi connectivity index (χ4n) is 1.85. The summed E-state index contributed by atoms with van der Waals surface area (Å²) < 4.78 is 0. The van der Waals surface area contributed by atoms with Gasteiger partial charge < -0.3 is 15.7 Å². The molecule has 1 amide bonds. The summed E-state index contributed by atoms with van der Waals surface area (Å²) in [5.74, 6) is 0.0624. The molecule has 1 unspecified atom stereocenters. The van der Waals surface area contributed by atoms with Crippen LogP contribution in [0.4, 0.5) is 0 Å². The van der Waals surface area contributed by atoms with Crippen LogP contribution in [0.2, 0.25) is 0 Å². The summed E-state index contributed by atoms with van der Waals surface area (Å²) in [4.78, 5) is 11.9. The summed E-state index contributed by atoms with van der Waals surface area (Å²) in [7, 11) is 0. The van der Waals surface area contributed by atoms with Crippen molar-refractivity contribution in [3.63, 3.8) is 0 Å². The van der Waals surface area contributed by atoms with Crippen molar-refractivity contribution in [3.8, 4) is 0 Å². The Hall–Kier alpha value is -0.610. The average Bonchev–Trinajstić information content (AvgIpc) is 3.13. The highest BCUT2D eigenvalue weighted by atomic mass is 16.3. The lowest BCUT2D eigenvalue weighted by Crippen LogP contribution is -2.47. The highest BCUT2D eigenvalue weighted by Crippen LogP contribution is 2.44. The van der Waals surface area contributed by atoms with Gasteiger partial charge in [-0.1, -0.05) is 13.8 Å². The van der Waals surface area contributed by atoms with Crippen molar-refractivity contribution < 1.29 is 9.90 Å². The molecule has 1 aliphatic carbocycles. The van der Waals surface area contributed by atoms with E-state index in [0.717, 1.165) is 32.2 Å². The van der Waals surface area contributed by atoms with E-state index in [0.29, 0.717) is 0 Å². The summed E-state index contributed by atoms with van der Waals surface area (Å²) in [5, 5.41) is 15.4. The van der Waals surface area contributed by atoms with Crippen molar-refractivity contribution in [2.75, 3.05) is 13.2 Å². The van der Waals surface area contributed by atoms with Crippen LogP contribution in [0.5, 0.6) is 0 Å². The summed E-state index contributed by atoms with van der Waals surface area (Å²) in [5.41, 5.74) is 0.0590. The van der Waals surface area contributed by atoms with Crippen LogP contribution in [-0.2, 0) is 4.79 Å². The van der Waals surface area contributed by atoms with E-state index >= 15 is 0 Å². The summed E-state index contributed by atoms with van der Waals surface area (Å²) in [6.07, 6.45) is 4.07. The van der Waals surface area contributed by atoms with E-state index < -0.39 is 0 Å². The normalized spacial score (nSPS) is 19.1. The molecule has 3 N–H and O–H groups in total. The van der Waals surface area contributed by atoms with Gasteiger partial charge in [-0.05, 0) is 32.6 Å². The molecule has 0 aromatic carbocycles. The third kappa shape index (κ3) is 4.28. The predicted octanol–water partition coefficient (Wildman–Crippen LogP) is 1.04. The van der Waals surface area contributed by atoms with Gasteiger partial charge in [0.2, 0.25) is 5.91 Å². The molecule has 0 radical (unpaired) electrons. The molecule has 0 aromatic rings. The van der Waals surface area contributed by atoms with Gasteiger partial charge in [-0.3, -0.25) is 4.79 Å². The lowest BCUT2D eigenvalue weighted by molar-refractivity contribution is -0.123. The predicted molar refractivity (Wildman–Crippen MR) is 68.7 cm³/mol. The van der Waals surface area contributed by atoms with Crippen molar-refractivity contribution >= 4 is 5.91 Å². The third-order valence-electron chi connectivity index (χ3n) is 3.80. The number of carbonyl (C=O) groups is 1. The minimum absolute atomic E-state index is 0.0590. The topological polar surface area (TPSA) is 61.4 Å². The molecular weight excluding hydrogens is 216 g/mol. The van der Waals surface area contributed by atoms with Crippen LogP contribution in [-0.4, -0.2) is 36.2 Å². The van der Waals surface area contributed by atoms with E-state index in [9.17, 15) is 9.90 Å². The number of aliphatic hydroxyl groups is 1. The molecule has 0 saturated heterocycles. The molecule has 100 valence electrons. The zero-order valence-electron chi connectivity index (χ0n) is 11.3. The molecule has 1 saturated carbocycles. The molecule has 17 heavy (non-hydrogen) atoms. The van der Waals surface area contributed by atoms with Crippen LogP contribution in [0, 0.1) is 5.41 Å². The second-order valence-electron chi connectivity index (χ2n) is 5.28. The van der Waals surface area contributed by atoms with E-state index in [1.165, 1.54) is 0 Å². The SMILES string of the molecule is CCC(CC)NC(=O)C(C)NCC1(CO)CC1. The molecule has 0 heterocycles. The first-order valence-electron chi connectivity index (χ1n) is 6.71. The van der Waals surface area contributed by atoms with Crippen LogP contribution >= 0.6 is 0 Å². The van der Waals surface area contributed by atoms with Crippen molar-refractivity contribution in [1.29, 1.82) is 0 Å².